The minimum Gasteiger partial charge on any atom is -0.312 e. The van der Waals surface area contributed by atoms with Crippen LogP contribution in [0.1, 0.15) is 41.3 Å². The van der Waals surface area contributed by atoms with Gasteiger partial charge in [0.1, 0.15) is 0 Å². The van der Waals surface area contributed by atoms with Crippen LogP contribution in [-0.4, -0.2) is 12.0 Å². The van der Waals surface area contributed by atoms with Crippen molar-refractivity contribution < 1.29 is 0 Å². The molecule has 0 aliphatic heterocycles. The summed E-state index contributed by atoms with van der Waals surface area (Å²) in [6.07, 6.45) is 1.86. The molecule has 1 aromatic carbocycles. The molecule has 2 atom stereocenters. The first-order valence-corrected chi connectivity index (χ1v) is 6.79. The Hall–Kier alpha value is -1.67. The molecule has 0 spiro atoms. The van der Waals surface area contributed by atoms with Gasteiger partial charge in [0.05, 0.1) is 0 Å². The summed E-state index contributed by atoms with van der Waals surface area (Å²) in [6, 6.07) is 12.9. The van der Waals surface area contributed by atoms with E-state index in [2.05, 4.69) is 61.4 Å². The van der Waals surface area contributed by atoms with E-state index in [1.54, 1.807) is 0 Å². The van der Waals surface area contributed by atoms with Crippen LogP contribution in [0.2, 0.25) is 0 Å². The highest BCUT2D eigenvalue weighted by Crippen LogP contribution is 2.31. The van der Waals surface area contributed by atoms with Gasteiger partial charge in [-0.25, -0.2) is 0 Å². The number of nitrogens with one attached hydrogen (secondary N) is 1. The maximum Gasteiger partial charge on any atom is 0.0450 e. The third kappa shape index (κ3) is 2.85. The molecule has 19 heavy (non-hydrogen) atoms. The standard InChI is InChI=1S/C17H22N2/c1-12-8-7-9-15(13(12)2)17(18-4)14(3)16-10-5-6-11-19-16/h5-11,14,17-18H,1-4H3. The van der Waals surface area contributed by atoms with E-state index < -0.39 is 0 Å². The number of pyridine rings is 1. The number of benzene rings is 1. The zero-order valence-corrected chi connectivity index (χ0v) is 12.1. The highest BCUT2D eigenvalue weighted by molar-refractivity contribution is 5.37. The van der Waals surface area contributed by atoms with Gasteiger partial charge >= 0.3 is 0 Å². The van der Waals surface area contributed by atoms with E-state index in [0.717, 1.165) is 5.69 Å². The third-order valence-electron chi connectivity index (χ3n) is 3.95. The third-order valence-corrected chi connectivity index (χ3v) is 3.95. The Morgan fingerprint density at radius 2 is 1.84 bits per heavy atom. The van der Waals surface area contributed by atoms with Crippen LogP contribution in [0, 0.1) is 13.8 Å². The molecule has 0 saturated heterocycles. The van der Waals surface area contributed by atoms with E-state index in [1.165, 1.54) is 16.7 Å². The second-order valence-corrected chi connectivity index (χ2v) is 5.10. The molecule has 0 saturated carbocycles. The number of hydrogen-bond acceptors (Lipinski definition) is 2. The van der Waals surface area contributed by atoms with Gasteiger partial charge in [-0.05, 0) is 49.7 Å². The number of rotatable bonds is 4. The quantitative estimate of drug-likeness (QED) is 0.898. The van der Waals surface area contributed by atoms with Gasteiger partial charge in [-0.1, -0.05) is 31.2 Å². The van der Waals surface area contributed by atoms with Crippen LogP contribution in [0.3, 0.4) is 0 Å². The molecular weight excluding hydrogens is 232 g/mol. The minimum atomic E-state index is 0.287. The van der Waals surface area contributed by atoms with Crippen molar-refractivity contribution in [3.63, 3.8) is 0 Å². The molecule has 2 unspecified atom stereocenters. The fourth-order valence-corrected chi connectivity index (χ4v) is 2.60. The summed E-state index contributed by atoms with van der Waals surface area (Å²) in [5, 5.41) is 3.44. The normalized spacial score (nSPS) is 14.1. The molecule has 2 rings (SSSR count). The zero-order valence-electron chi connectivity index (χ0n) is 12.1. The lowest BCUT2D eigenvalue weighted by Gasteiger charge is -2.26. The fourth-order valence-electron chi connectivity index (χ4n) is 2.60. The molecule has 100 valence electrons. The van der Waals surface area contributed by atoms with Crippen LogP contribution in [0.25, 0.3) is 0 Å². The van der Waals surface area contributed by atoms with Gasteiger partial charge in [-0.3, -0.25) is 4.98 Å². The lowest BCUT2D eigenvalue weighted by atomic mass is 9.88. The Morgan fingerprint density at radius 3 is 2.47 bits per heavy atom. The van der Waals surface area contributed by atoms with E-state index in [1.807, 2.05) is 19.3 Å². The van der Waals surface area contributed by atoms with Crippen LogP contribution in [-0.2, 0) is 0 Å². The summed E-state index contributed by atoms with van der Waals surface area (Å²) >= 11 is 0. The molecule has 0 radical (unpaired) electrons. The van der Waals surface area contributed by atoms with Gasteiger partial charge < -0.3 is 5.32 Å². The van der Waals surface area contributed by atoms with Crippen LogP contribution >= 0.6 is 0 Å². The molecule has 2 nitrogen and oxygen atoms in total. The van der Waals surface area contributed by atoms with E-state index in [0.29, 0.717) is 5.92 Å². The second kappa shape index (κ2) is 5.98. The van der Waals surface area contributed by atoms with Gasteiger partial charge in [-0.2, -0.15) is 0 Å². The Labute approximate surface area is 115 Å². The number of aromatic nitrogens is 1. The van der Waals surface area contributed by atoms with Gasteiger partial charge in [0, 0.05) is 23.9 Å². The molecule has 1 N–H and O–H groups in total. The lowest BCUT2D eigenvalue weighted by molar-refractivity contribution is 0.497. The summed E-state index contributed by atoms with van der Waals surface area (Å²) < 4.78 is 0. The fraction of sp³-hybridized carbons (Fsp3) is 0.353. The Balaban J connectivity index is 2.37. The molecular formula is C17H22N2. The average Bonchev–Trinajstić information content (AvgIpc) is 2.45. The van der Waals surface area contributed by atoms with E-state index in [-0.39, 0.29) is 6.04 Å². The predicted molar refractivity (Wildman–Crippen MR) is 80.4 cm³/mol. The summed E-state index contributed by atoms with van der Waals surface area (Å²) in [7, 11) is 2.02. The van der Waals surface area contributed by atoms with Crippen LogP contribution in [0.4, 0.5) is 0 Å². The maximum atomic E-state index is 4.49. The predicted octanol–water partition coefficient (Wildman–Crippen LogP) is 3.76. The van der Waals surface area contributed by atoms with Crippen LogP contribution in [0.5, 0.6) is 0 Å². The molecule has 2 heteroatoms. The Bertz CT molecular complexity index is 534. The number of likely N-dealkylation sites (N-methyl/N-ethyl adjacent to an activating group) is 1. The molecule has 1 aromatic heterocycles. The maximum absolute atomic E-state index is 4.49. The van der Waals surface area contributed by atoms with Crippen molar-refractivity contribution >= 4 is 0 Å². The zero-order chi connectivity index (χ0) is 13.8. The lowest BCUT2D eigenvalue weighted by Crippen LogP contribution is -2.23. The number of aryl methyl sites for hydroxylation is 1. The van der Waals surface area contributed by atoms with E-state index >= 15 is 0 Å². The highest BCUT2D eigenvalue weighted by Gasteiger charge is 2.21. The molecule has 2 aromatic rings. The van der Waals surface area contributed by atoms with Crippen molar-refractivity contribution in [1.29, 1.82) is 0 Å². The Kier molecular flexibility index (Phi) is 4.33. The SMILES string of the molecule is CNC(c1cccc(C)c1C)C(C)c1ccccn1. The molecule has 0 amide bonds. The minimum absolute atomic E-state index is 0.287. The van der Waals surface area contributed by atoms with Gasteiger partial charge in [0.15, 0.2) is 0 Å². The summed E-state index contributed by atoms with van der Waals surface area (Å²) in [5.41, 5.74) is 5.19. The van der Waals surface area contributed by atoms with E-state index in [4.69, 9.17) is 0 Å². The molecule has 0 bridgehead atoms. The van der Waals surface area contributed by atoms with Gasteiger partial charge in [-0.15, -0.1) is 0 Å². The van der Waals surface area contributed by atoms with Crippen LogP contribution in [0.15, 0.2) is 42.6 Å². The van der Waals surface area contributed by atoms with Crippen molar-refractivity contribution in [2.75, 3.05) is 7.05 Å². The van der Waals surface area contributed by atoms with Crippen molar-refractivity contribution in [3.8, 4) is 0 Å². The summed E-state index contributed by atoms with van der Waals surface area (Å²) in [4.78, 5) is 4.49. The Morgan fingerprint density at radius 1 is 1.05 bits per heavy atom. The average molecular weight is 254 g/mol. The molecule has 0 aliphatic rings. The number of hydrogen-bond donors (Lipinski definition) is 1. The van der Waals surface area contributed by atoms with Crippen molar-refractivity contribution in [2.45, 2.75) is 32.7 Å². The van der Waals surface area contributed by atoms with Crippen molar-refractivity contribution in [3.05, 3.63) is 65.0 Å². The van der Waals surface area contributed by atoms with Crippen LogP contribution < -0.4 is 5.32 Å². The summed E-state index contributed by atoms with van der Waals surface area (Å²) in [6.45, 7) is 6.59. The molecule has 0 fully saturated rings. The first-order chi connectivity index (χ1) is 9.15. The first-order valence-electron chi connectivity index (χ1n) is 6.79. The molecule has 1 heterocycles. The van der Waals surface area contributed by atoms with Gasteiger partial charge in [0.25, 0.3) is 0 Å². The smallest absolute Gasteiger partial charge is 0.0450 e. The topological polar surface area (TPSA) is 24.9 Å². The highest BCUT2D eigenvalue weighted by atomic mass is 14.9. The van der Waals surface area contributed by atoms with Crippen molar-refractivity contribution in [2.24, 2.45) is 0 Å². The van der Waals surface area contributed by atoms with E-state index in [9.17, 15) is 0 Å². The second-order valence-electron chi connectivity index (χ2n) is 5.10. The summed E-state index contributed by atoms with van der Waals surface area (Å²) in [5.74, 6) is 0.340. The first kappa shape index (κ1) is 13.8. The molecule has 0 aliphatic carbocycles. The monoisotopic (exact) mass is 254 g/mol. The number of nitrogens with zero attached hydrogens (tertiary/aromatic N) is 1. The van der Waals surface area contributed by atoms with Gasteiger partial charge in [0.2, 0.25) is 0 Å². The largest absolute Gasteiger partial charge is 0.312 e. The van der Waals surface area contributed by atoms with Crippen molar-refractivity contribution in [1.82, 2.24) is 10.3 Å².